The highest BCUT2D eigenvalue weighted by Crippen LogP contribution is 2.13. The number of nitrogens with one attached hydrogen (secondary N) is 4. The van der Waals surface area contributed by atoms with E-state index in [-0.39, 0.29) is 38.6 Å². The van der Waals surface area contributed by atoms with Gasteiger partial charge in [-0.05, 0) is 13.3 Å². The van der Waals surface area contributed by atoms with Crippen molar-refractivity contribution in [2.45, 2.75) is 45.1 Å². The van der Waals surface area contributed by atoms with E-state index in [0.717, 1.165) is 17.1 Å². The van der Waals surface area contributed by atoms with Gasteiger partial charge in [-0.15, -0.1) is 5.06 Å². The van der Waals surface area contributed by atoms with Gasteiger partial charge in [0.1, 0.15) is 0 Å². The predicted octanol–water partition coefficient (Wildman–Crippen LogP) is -3.46. The van der Waals surface area contributed by atoms with Gasteiger partial charge in [0.2, 0.25) is 23.6 Å². The van der Waals surface area contributed by atoms with E-state index in [0.29, 0.717) is 5.06 Å². The third-order valence-corrected chi connectivity index (χ3v) is 5.26. The highest BCUT2D eigenvalue weighted by atomic mass is 16.7. The topological polar surface area (TPSA) is 217 Å². The lowest BCUT2D eigenvalue weighted by Gasteiger charge is -2.22. The lowest BCUT2D eigenvalue weighted by Crippen LogP contribution is -2.44. The summed E-state index contributed by atoms with van der Waals surface area (Å²) in [5.41, 5.74) is 0. The summed E-state index contributed by atoms with van der Waals surface area (Å²) in [6.45, 7) is 0.141. The van der Waals surface area contributed by atoms with Gasteiger partial charge in [0.15, 0.2) is 0 Å². The van der Waals surface area contributed by atoms with Gasteiger partial charge in [0.25, 0.3) is 23.6 Å². The number of nitrogens with zero attached hydrogens (tertiary/aromatic N) is 2. The van der Waals surface area contributed by atoms with Crippen molar-refractivity contribution in [2.24, 2.45) is 0 Å². The zero-order valence-electron chi connectivity index (χ0n) is 20.6. The maximum atomic E-state index is 11.9. The lowest BCUT2D eigenvalue weighted by molar-refractivity contribution is -0.197. The van der Waals surface area contributed by atoms with Crippen molar-refractivity contribution in [3.8, 4) is 0 Å². The van der Waals surface area contributed by atoms with Crippen LogP contribution in [0.4, 0.5) is 0 Å². The van der Waals surface area contributed by atoms with Crippen LogP contribution in [0, 0.1) is 0 Å². The first-order valence-corrected chi connectivity index (χ1v) is 11.7. The number of hydroxylamine groups is 2. The summed E-state index contributed by atoms with van der Waals surface area (Å²) in [6.07, 6.45) is 2.07. The van der Waals surface area contributed by atoms with Gasteiger partial charge in [-0.25, -0.2) is 4.79 Å². The van der Waals surface area contributed by atoms with E-state index in [4.69, 9.17) is 0 Å². The molecule has 2 aliphatic rings. The van der Waals surface area contributed by atoms with E-state index >= 15 is 0 Å². The summed E-state index contributed by atoms with van der Waals surface area (Å²) in [7, 11) is 0. The van der Waals surface area contributed by atoms with Gasteiger partial charge in [0, 0.05) is 44.0 Å². The van der Waals surface area contributed by atoms with Crippen molar-refractivity contribution < 1.29 is 48.0 Å². The summed E-state index contributed by atoms with van der Waals surface area (Å²) in [6, 6.07) is -0.495. The molecule has 0 bridgehead atoms. The number of hydrogen-bond acceptors (Lipinski definition) is 10. The van der Waals surface area contributed by atoms with Crippen LogP contribution in [0.15, 0.2) is 12.2 Å². The minimum atomic E-state index is -0.892. The minimum absolute atomic E-state index is 0.0344. The Labute approximate surface area is 216 Å². The number of carbonyl (C=O) groups excluding carboxylic acids is 9. The largest absolute Gasteiger partial charge is 0.354 e. The Morgan fingerprint density at radius 3 is 1.76 bits per heavy atom. The quantitative estimate of drug-likeness (QED) is 0.161. The van der Waals surface area contributed by atoms with Crippen LogP contribution in [0.3, 0.4) is 0 Å². The molecule has 0 aromatic rings. The molecule has 0 aromatic carbocycles. The SMILES string of the molecule is CC(CCC(=O)NCC(=O)NCC(=O)NCC(=O)NCCC(=O)ON1C(=O)CCC1=O)N1C(=O)C=CC1=O. The summed E-state index contributed by atoms with van der Waals surface area (Å²) in [5.74, 6) is -5.51. The number of carbonyl (C=O) groups is 9. The van der Waals surface area contributed by atoms with Crippen LogP contribution in [-0.4, -0.2) is 95.4 Å². The standard InChI is InChI=1S/C22H28N6O10/c1-13(27-18(33)4-5-19(27)34)2-3-14(29)24-11-16(31)26-12-17(32)25-10-15(30)23-9-8-22(37)38-28-20(35)6-7-21(28)36/h4-5,13H,2-3,6-12H2,1H3,(H,23,30)(H,24,29)(H,25,32)(H,26,31). The van der Waals surface area contributed by atoms with Crippen LogP contribution >= 0.6 is 0 Å². The molecule has 0 aromatic heterocycles. The molecule has 0 saturated carbocycles. The molecule has 2 heterocycles. The number of imide groups is 2. The molecule has 38 heavy (non-hydrogen) atoms. The normalized spacial score (nSPS) is 15.4. The van der Waals surface area contributed by atoms with E-state index in [1.54, 1.807) is 6.92 Å². The van der Waals surface area contributed by atoms with E-state index in [9.17, 15) is 43.2 Å². The molecule has 2 rings (SSSR count). The van der Waals surface area contributed by atoms with E-state index in [1.807, 2.05) is 0 Å². The highest BCUT2D eigenvalue weighted by molar-refractivity contribution is 6.13. The van der Waals surface area contributed by atoms with Gasteiger partial charge in [-0.2, -0.15) is 0 Å². The molecule has 1 saturated heterocycles. The highest BCUT2D eigenvalue weighted by Gasteiger charge is 2.32. The molecule has 4 N–H and O–H groups in total. The molecular formula is C22H28N6O10. The van der Waals surface area contributed by atoms with Gasteiger partial charge < -0.3 is 26.1 Å². The second kappa shape index (κ2) is 14.2. The fourth-order valence-corrected chi connectivity index (χ4v) is 3.24. The van der Waals surface area contributed by atoms with Crippen LogP contribution < -0.4 is 21.3 Å². The first kappa shape index (κ1) is 29.6. The number of amides is 8. The molecular weight excluding hydrogens is 508 g/mol. The molecule has 1 unspecified atom stereocenters. The summed E-state index contributed by atoms with van der Waals surface area (Å²) in [5, 5.41) is 9.59. The van der Waals surface area contributed by atoms with Gasteiger partial charge in [-0.3, -0.25) is 43.3 Å². The second-order valence-electron chi connectivity index (χ2n) is 8.24. The molecule has 206 valence electrons. The molecule has 0 radical (unpaired) electrons. The summed E-state index contributed by atoms with van der Waals surface area (Å²) >= 11 is 0. The molecule has 0 aliphatic carbocycles. The van der Waals surface area contributed by atoms with Crippen molar-refractivity contribution in [3.05, 3.63) is 12.2 Å². The molecule has 1 fully saturated rings. The van der Waals surface area contributed by atoms with Crippen molar-refractivity contribution >= 4 is 53.2 Å². The number of rotatable bonds is 14. The average molecular weight is 536 g/mol. The molecule has 8 amide bonds. The van der Waals surface area contributed by atoms with Gasteiger partial charge in [-0.1, -0.05) is 0 Å². The summed E-state index contributed by atoms with van der Waals surface area (Å²) < 4.78 is 0. The lowest BCUT2D eigenvalue weighted by atomic mass is 10.1. The smallest absolute Gasteiger partial charge is 0.334 e. The second-order valence-corrected chi connectivity index (χ2v) is 8.24. The third-order valence-electron chi connectivity index (χ3n) is 5.26. The fraction of sp³-hybridized carbons (Fsp3) is 0.500. The maximum absolute atomic E-state index is 11.9. The van der Waals surface area contributed by atoms with Crippen LogP contribution in [-0.2, 0) is 48.0 Å². The van der Waals surface area contributed by atoms with Crippen molar-refractivity contribution in [2.75, 3.05) is 26.2 Å². The first-order valence-electron chi connectivity index (χ1n) is 11.7. The average Bonchev–Trinajstić information content (AvgIpc) is 3.38. The Morgan fingerprint density at radius 2 is 1.24 bits per heavy atom. The maximum Gasteiger partial charge on any atom is 0.334 e. The van der Waals surface area contributed by atoms with E-state index in [1.165, 1.54) is 0 Å². The minimum Gasteiger partial charge on any atom is -0.354 e. The van der Waals surface area contributed by atoms with Crippen molar-refractivity contribution in [1.82, 2.24) is 31.2 Å². The van der Waals surface area contributed by atoms with Crippen LogP contribution in [0.2, 0.25) is 0 Å². The molecule has 16 nitrogen and oxygen atoms in total. The van der Waals surface area contributed by atoms with Crippen molar-refractivity contribution in [3.63, 3.8) is 0 Å². The van der Waals surface area contributed by atoms with Crippen molar-refractivity contribution in [1.29, 1.82) is 0 Å². The molecule has 0 spiro atoms. The van der Waals surface area contributed by atoms with E-state index in [2.05, 4.69) is 26.1 Å². The molecule has 1 atom stereocenters. The molecule has 16 heteroatoms. The Hall–Kier alpha value is -4.63. The van der Waals surface area contributed by atoms with Gasteiger partial charge >= 0.3 is 5.97 Å². The van der Waals surface area contributed by atoms with Crippen LogP contribution in [0.1, 0.15) is 39.0 Å². The summed E-state index contributed by atoms with van der Waals surface area (Å²) in [4.78, 5) is 111. The zero-order valence-corrected chi connectivity index (χ0v) is 20.6. The predicted molar refractivity (Wildman–Crippen MR) is 124 cm³/mol. The van der Waals surface area contributed by atoms with E-state index < -0.39 is 78.9 Å². The van der Waals surface area contributed by atoms with Gasteiger partial charge in [0.05, 0.1) is 26.1 Å². The first-order chi connectivity index (χ1) is 18.0. The fourth-order valence-electron chi connectivity index (χ4n) is 3.24. The Balaban J connectivity index is 1.51. The Bertz CT molecular complexity index is 1020. The molecule has 2 aliphatic heterocycles. The van der Waals surface area contributed by atoms with Crippen LogP contribution in [0.5, 0.6) is 0 Å². The third kappa shape index (κ3) is 9.44. The number of hydrogen-bond donors (Lipinski definition) is 4. The van der Waals surface area contributed by atoms with Crippen LogP contribution in [0.25, 0.3) is 0 Å². The zero-order chi connectivity index (χ0) is 28.2. The Morgan fingerprint density at radius 1 is 0.763 bits per heavy atom. The Kier molecular flexibility index (Phi) is 11.1. The monoisotopic (exact) mass is 536 g/mol.